The first-order valence-electron chi connectivity index (χ1n) is 9.17. The van der Waals surface area contributed by atoms with Crippen molar-refractivity contribution in [3.63, 3.8) is 0 Å². The molecule has 19 heavy (non-hydrogen) atoms. The molecule has 0 bridgehead atoms. The summed E-state index contributed by atoms with van der Waals surface area (Å²) in [5.74, 6) is 4.16. The van der Waals surface area contributed by atoms with E-state index in [9.17, 15) is 0 Å². The molecule has 1 aliphatic rings. The minimum Gasteiger partial charge on any atom is -0.0654 e. The molecule has 4 atom stereocenters. The monoisotopic (exact) mass is 266 g/mol. The van der Waals surface area contributed by atoms with Gasteiger partial charge in [-0.2, -0.15) is 0 Å². The van der Waals surface area contributed by atoms with Gasteiger partial charge in [-0.05, 0) is 36.5 Å². The van der Waals surface area contributed by atoms with Gasteiger partial charge in [0, 0.05) is 0 Å². The molecule has 0 aliphatic heterocycles. The molecular formula is C19H38. The molecule has 0 aromatic carbocycles. The number of hydrogen-bond donors (Lipinski definition) is 0. The van der Waals surface area contributed by atoms with Crippen LogP contribution in [0.1, 0.15) is 98.3 Å². The van der Waals surface area contributed by atoms with Gasteiger partial charge in [0.1, 0.15) is 0 Å². The normalized spacial score (nSPS) is 25.3. The van der Waals surface area contributed by atoms with E-state index in [-0.39, 0.29) is 0 Å². The molecule has 0 radical (unpaired) electrons. The second-order valence-electron chi connectivity index (χ2n) is 7.38. The van der Waals surface area contributed by atoms with E-state index in [2.05, 4.69) is 27.7 Å². The lowest BCUT2D eigenvalue weighted by Crippen LogP contribution is -1.97. The summed E-state index contributed by atoms with van der Waals surface area (Å²) in [6, 6.07) is 0. The first-order valence-corrected chi connectivity index (χ1v) is 9.17. The van der Waals surface area contributed by atoms with E-state index in [0.717, 1.165) is 23.7 Å². The van der Waals surface area contributed by atoms with Gasteiger partial charge in [-0.1, -0.05) is 85.5 Å². The van der Waals surface area contributed by atoms with Gasteiger partial charge in [0.05, 0.1) is 0 Å². The molecule has 1 fully saturated rings. The Morgan fingerprint density at radius 1 is 0.789 bits per heavy atom. The quantitative estimate of drug-likeness (QED) is 0.339. The Morgan fingerprint density at radius 3 is 2.05 bits per heavy atom. The van der Waals surface area contributed by atoms with Crippen LogP contribution < -0.4 is 0 Å². The van der Waals surface area contributed by atoms with Crippen molar-refractivity contribution in [3.05, 3.63) is 0 Å². The van der Waals surface area contributed by atoms with Crippen LogP contribution >= 0.6 is 0 Å². The van der Waals surface area contributed by atoms with Crippen LogP contribution in [0, 0.1) is 23.7 Å². The summed E-state index contributed by atoms with van der Waals surface area (Å²) in [7, 11) is 0. The molecule has 0 N–H and O–H groups in total. The van der Waals surface area contributed by atoms with Crippen LogP contribution in [-0.2, 0) is 0 Å². The topological polar surface area (TPSA) is 0 Å². The number of unbranched alkanes of at least 4 members (excludes halogenated alkanes) is 2. The number of hydrogen-bond acceptors (Lipinski definition) is 0. The average molecular weight is 267 g/mol. The van der Waals surface area contributed by atoms with Crippen LogP contribution in [0.5, 0.6) is 0 Å². The van der Waals surface area contributed by atoms with Crippen molar-refractivity contribution >= 4 is 0 Å². The summed E-state index contributed by atoms with van der Waals surface area (Å²) in [5.41, 5.74) is 0. The molecule has 0 amide bonds. The first-order chi connectivity index (χ1) is 9.17. The molecule has 0 nitrogen and oxygen atoms in total. The van der Waals surface area contributed by atoms with E-state index in [1.165, 1.54) is 64.2 Å². The van der Waals surface area contributed by atoms with E-state index in [1.54, 1.807) is 6.42 Å². The third-order valence-electron chi connectivity index (χ3n) is 5.35. The largest absolute Gasteiger partial charge is 0.0654 e. The maximum absolute atomic E-state index is 2.48. The highest BCUT2D eigenvalue weighted by molar-refractivity contribution is 4.85. The van der Waals surface area contributed by atoms with Crippen molar-refractivity contribution in [2.24, 2.45) is 23.7 Å². The molecular weight excluding hydrogens is 228 g/mol. The van der Waals surface area contributed by atoms with Crippen molar-refractivity contribution in [1.82, 2.24) is 0 Å². The smallest absolute Gasteiger partial charge is 0.0383 e. The fourth-order valence-corrected chi connectivity index (χ4v) is 3.40. The highest BCUT2D eigenvalue weighted by Crippen LogP contribution is 2.45. The lowest BCUT2D eigenvalue weighted by molar-refractivity contribution is 0.413. The predicted molar refractivity (Wildman–Crippen MR) is 87.4 cm³/mol. The standard InChI is InChI=1S/C19H38/c1-5-10-18-15-19(18)14-13-17(4)12-9-7-8-11-16(3)6-2/h16-19H,5-15H2,1-4H3. The Kier molecular flexibility index (Phi) is 8.83. The first kappa shape index (κ1) is 17.1. The van der Waals surface area contributed by atoms with Crippen LogP contribution in [0.2, 0.25) is 0 Å². The van der Waals surface area contributed by atoms with Gasteiger partial charge >= 0.3 is 0 Å². The van der Waals surface area contributed by atoms with E-state index >= 15 is 0 Å². The zero-order valence-electron chi connectivity index (χ0n) is 14.1. The Hall–Kier alpha value is 0. The maximum Gasteiger partial charge on any atom is -0.0383 e. The van der Waals surface area contributed by atoms with E-state index < -0.39 is 0 Å². The fourth-order valence-electron chi connectivity index (χ4n) is 3.40. The summed E-state index contributed by atoms with van der Waals surface area (Å²) in [4.78, 5) is 0. The molecule has 0 heteroatoms. The lowest BCUT2D eigenvalue weighted by atomic mass is 9.94. The third-order valence-corrected chi connectivity index (χ3v) is 5.35. The zero-order chi connectivity index (χ0) is 14.1. The fraction of sp³-hybridized carbons (Fsp3) is 1.00. The molecule has 0 spiro atoms. The summed E-state index contributed by atoms with van der Waals surface area (Å²) in [5, 5.41) is 0. The minimum absolute atomic E-state index is 0.947. The summed E-state index contributed by atoms with van der Waals surface area (Å²) in [6.07, 6.45) is 16.2. The van der Waals surface area contributed by atoms with Gasteiger partial charge in [-0.25, -0.2) is 0 Å². The lowest BCUT2D eigenvalue weighted by Gasteiger charge is -2.12. The van der Waals surface area contributed by atoms with E-state index in [0.29, 0.717) is 0 Å². The minimum atomic E-state index is 0.947. The third kappa shape index (κ3) is 8.00. The van der Waals surface area contributed by atoms with Crippen LogP contribution in [0.4, 0.5) is 0 Å². The van der Waals surface area contributed by atoms with Crippen LogP contribution in [0.25, 0.3) is 0 Å². The summed E-state index contributed by atoms with van der Waals surface area (Å²) < 4.78 is 0. The molecule has 0 saturated heterocycles. The number of rotatable bonds is 12. The Labute approximate surface area is 122 Å². The molecule has 114 valence electrons. The predicted octanol–water partition coefficient (Wildman–Crippen LogP) is 6.84. The Bertz CT molecular complexity index is 208. The molecule has 0 aromatic heterocycles. The summed E-state index contributed by atoms with van der Waals surface area (Å²) >= 11 is 0. The van der Waals surface area contributed by atoms with Crippen LogP contribution in [0.3, 0.4) is 0 Å². The van der Waals surface area contributed by atoms with Gasteiger partial charge in [0.15, 0.2) is 0 Å². The van der Waals surface area contributed by atoms with Gasteiger partial charge in [-0.15, -0.1) is 0 Å². The van der Waals surface area contributed by atoms with Crippen molar-refractivity contribution in [3.8, 4) is 0 Å². The summed E-state index contributed by atoms with van der Waals surface area (Å²) in [6.45, 7) is 9.52. The molecule has 0 heterocycles. The van der Waals surface area contributed by atoms with Crippen molar-refractivity contribution in [1.29, 1.82) is 0 Å². The van der Waals surface area contributed by atoms with Crippen LogP contribution in [0.15, 0.2) is 0 Å². The van der Waals surface area contributed by atoms with Crippen molar-refractivity contribution in [2.45, 2.75) is 98.3 Å². The average Bonchev–Trinajstić information content (AvgIpc) is 3.14. The second-order valence-corrected chi connectivity index (χ2v) is 7.38. The van der Waals surface area contributed by atoms with E-state index in [1.807, 2.05) is 0 Å². The molecule has 4 unspecified atom stereocenters. The van der Waals surface area contributed by atoms with Gasteiger partial charge in [0.2, 0.25) is 0 Å². The van der Waals surface area contributed by atoms with Gasteiger partial charge in [-0.3, -0.25) is 0 Å². The van der Waals surface area contributed by atoms with Gasteiger partial charge in [0.25, 0.3) is 0 Å². The maximum atomic E-state index is 2.48. The molecule has 1 aliphatic carbocycles. The van der Waals surface area contributed by atoms with E-state index in [4.69, 9.17) is 0 Å². The molecule has 1 rings (SSSR count). The highest BCUT2D eigenvalue weighted by Gasteiger charge is 2.35. The zero-order valence-corrected chi connectivity index (χ0v) is 14.1. The van der Waals surface area contributed by atoms with Crippen LogP contribution in [-0.4, -0.2) is 0 Å². The van der Waals surface area contributed by atoms with Gasteiger partial charge < -0.3 is 0 Å². The highest BCUT2D eigenvalue weighted by atomic mass is 14.4. The molecule has 1 saturated carbocycles. The van der Waals surface area contributed by atoms with Crippen molar-refractivity contribution < 1.29 is 0 Å². The second kappa shape index (κ2) is 9.83. The molecule has 0 aromatic rings. The Morgan fingerprint density at radius 2 is 1.42 bits per heavy atom. The van der Waals surface area contributed by atoms with Crippen molar-refractivity contribution in [2.75, 3.05) is 0 Å². The SMILES string of the molecule is CCCC1CC1CCC(C)CCCCCC(C)CC. The Balaban J connectivity index is 1.87.